The van der Waals surface area contributed by atoms with Crippen molar-refractivity contribution in [3.05, 3.63) is 118 Å². The molecule has 0 spiro atoms. The first-order valence-corrected chi connectivity index (χ1v) is 19.4. The number of anilines is 1. The van der Waals surface area contributed by atoms with Crippen LogP contribution < -0.4 is 14.4 Å². The van der Waals surface area contributed by atoms with Gasteiger partial charge in [0.05, 0.1) is 17.2 Å². The summed E-state index contributed by atoms with van der Waals surface area (Å²) < 4.78 is 35.8. The molecule has 12 heteroatoms. The second-order valence-electron chi connectivity index (χ2n) is 11.2. The largest absolute Gasteiger partial charge is 0.492 e. The smallest absolute Gasteiger partial charge is 0.264 e. The van der Waals surface area contributed by atoms with E-state index in [0.29, 0.717) is 27.9 Å². The van der Waals surface area contributed by atoms with Crippen molar-refractivity contribution in [2.24, 2.45) is 0 Å². The summed E-state index contributed by atoms with van der Waals surface area (Å²) in [5.74, 6) is -0.659. The Morgan fingerprint density at radius 2 is 1.61 bits per heavy atom. The van der Waals surface area contributed by atoms with Crippen LogP contribution in [0.15, 0.2) is 107 Å². The number of nitrogens with zero attached hydrogens (tertiary/aromatic N) is 2. The first kappa shape index (κ1) is 38.1. The number of benzene rings is 4. The number of ether oxygens (including phenoxy) is 1. The molecule has 0 aliphatic carbocycles. The monoisotopic (exact) mass is 741 g/mol. The number of hydrogen-bond acceptors (Lipinski definition) is 6. The van der Waals surface area contributed by atoms with E-state index < -0.39 is 28.5 Å². The van der Waals surface area contributed by atoms with Gasteiger partial charge in [-0.3, -0.25) is 13.9 Å². The van der Waals surface area contributed by atoms with Crippen LogP contribution in [0.4, 0.5) is 5.69 Å². The van der Waals surface area contributed by atoms with Crippen molar-refractivity contribution in [2.75, 3.05) is 30.3 Å². The zero-order valence-electron chi connectivity index (χ0n) is 27.8. The van der Waals surface area contributed by atoms with Crippen LogP contribution in [0.25, 0.3) is 0 Å². The first-order valence-electron chi connectivity index (χ1n) is 16.0. The zero-order valence-corrected chi connectivity index (χ0v) is 30.9. The fourth-order valence-electron chi connectivity index (χ4n) is 5.22. The van der Waals surface area contributed by atoms with Gasteiger partial charge in [0.2, 0.25) is 11.8 Å². The summed E-state index contributed by atoms with van der Waals surface area (Å²) in [6.07, 6.45) is 3.72. The third-order valence-corrected chi connectivity index (χ3v) is 10.9. The van der Waals surface area contributed by atoms with E-state index in [1.54, 1.807) is 61.5 Å². The lowest BCUT2D eigenvalue weighted by Gasteiger charge is -2.34. The Morgan fingerprint density at radius 1 is 0.918 bits per heavy atom. The summed E-state index contributed by atoms with van der Waals surface area (Å²) in [5.41, 5.74) is 1.58. The predicted molar refractivity (Wildman–Crippen MR) is 199 cm³/mol. The fraction of sp³-hybridized carbons (Fsp3) is 0.297. The number of amides is 2. The van der Waals surface area contributed by atoms with E-state index in [1.807, 2.05) is 43.5 Å². The molecule has 4 rings (SSSR count). The molecule has 0 saturated heterocycles. The number of carbonyl (C=O) groups is 2. The lowest BCUT2D eigenvalue weighted by molar-refractivity contribution is -0.140. The highest BCUT2D eigenvalue weighted by Crippen LogP contribution is 2.34. The summed E-state index contributed by atoms with van der Waals surface area (Å²) in [7, 11) is -4.31. The third-order valence-electron chi connectivity index (χ3n) is 7.82. The molecule has 8 nitrogen and oxygen atoms in total. The van der Waals surface area contributed by atoms with Crippen molar-refractivity contribution in [1.82, 2.24) is 10.2 Å². The number of para-hydroxylation sites is 2. The molecule has 0 fully saturated rings. The maximum absolute atomic E-state index is 14.7. The number of rotatable bonds is 17. The van der Waals surface area contributed by atoms with Gasteiger partial charge in [-0.05, 0) is 79.3 Å². The molecule has 0 heterocycles. The van der Waals surface area contributed by atoms with Crippen LogP contribution in [-0.4, -0.2) is 57.1 Å². The van der Waals surface area contributed by atoms with Gasteiger partial charge in [0.15, 0.2) is 0 Å². The molecule has 0 unspecified atom stereocenters. The van der Waals surface area contributed by atoms with E-state index in [2.05, 4.69) is 5.32 Å². The molecule has 4 aromatic rings. The standard InChI is InChI=1S/C37H41Cl2N3O5S2/c1-4-6-22-40-37(44)34(23-27-12-8-7-9-13-27)41(25-28-16-17-29(38)24-32(28)39)36(43)26-42(33-14-10-11-15-35(33)47-5-2)49(45,46)31-20-18-30(48-3)19-21-31/h7-21,24,34H,4-6,22-23,25-26H2,1-3H3,(H,40,44)/t34-/m0/s1. The molecule has 1 N–H and O–H groups in total. The van der Waals surface area contributed by atoms with E-state index in [1.165, 1.54) is 28.8 Å². The highest BCUT2D eigenvalue weighted by atomic mass is 35.5. The summed E-state index contributed by atoms with van der Waals surface area (Å²) in [5, 5.41) is 3.72. The van der Waals surface area contributed by atoms with Gasteiger partial charge in [0.25, 0.3) is 10.0 Å². The van der Waals surface area contributed by atoms with Crippen LogP contribution >= 0.6 is 35.0 Å². The SMILES string of the molecule is CCCCNC(=O)[C@H](Cc1ccccc1)N(Cc1ccc(Cl)cc1Cl)C(=O)CN(c1ccccc1OCC)S(=O)(=O)c1ccc(SC)cc1. The van der Waals surface area contributed by atoms with Crippen LogP contribution in [0.1, 0.15) is 37.8 Å². The van der Waals surface area contributed by atoms with Crippen molar-refractivity contribution in [3.63, 3.8) is 0 Å². The molecular weight excluding hydrogens is 701 g/mol. The molecule has 49 heavy (non-hydrogen) atoms. The van der Waals surface area contributed by atoms with E-state index in [-0.39, 0.29) is 36.1 Å². The highest BCUT2D eigenvalue weighted by molar-refractivity contribution is 7.98. The van der Waals surface area contributed by atoms with Gasteiger partial charge in [-0.2, -0.15) is 0 Å². The minimum absolute atomic E-state index is 0.00911. The van der Waals surface area contributed by atoms with Gasteiger partial charge in [-0.1, -0.05) is 85.1 Å². The maximum atomic E-state index is 14.7. The van der Waals surface area contributed by atoms with Crippen molar-refractivity contribution in [1.29, 1.82) is 0 Å². The number of carbonyl (C=O) groups excluding carboxylic acids is 2. The van der Waals surface area contributed by atoms with Gasteiger partial charge in [0, 0.05) is 34.5 Å². The van der Waals surface area contributed by atoms with Crippen LogP contribution in [0.2, 0.25) is 10.0 Å². The number of hydrogen-bond donors (Lipinski definition) is 1. The average Bonchev–Trinajstić information content (AvgIpc) is 3.10. The van der Waals surface area contributed by atoms with E-state index in [9.17, 15) is 18.0 Å². The van der Waals surface area contributed by atoms with Crippen molar-refractivity contribution < 1.29 is 22.7 Å². The van der Waals surface area contributed by atoms with Crippen LogP contribution in [0, 0.1) is 0 Å². The summed E-state index contributed by atoms with van der Waals surface area (Å²) >= 11 is 14.3. The van der Waals surface area contributed by atoms with Gasteiger partial charge in [-0.15, -0.1) is 11.8 Å². The Balaban J connectivity index is 1.85. The lowest BCUT2D eigenvalue weighted by atomic mass is 10.0. The minimum atomic E-state index is -4.31. The van der Waals surface area contributed by atoms with Crippen molar-refractivity contribution in [2.45, 2.75) is 55.5 Å². The molecule has 260 valence electrons. The van der Waals surface area contributed by atoms with Crippen LogP contribution in [0.3, 0.4) is 0 Å². The normalized spacial score (nSPS) is 11.9. The van der Waals surface area contributed by atoms with Gasteiger partial charge < -0.3 is 15.0 Å². The molecular formula is C37H41Cl2N3O5S2. The Labute approximate surface area is 303 Å². The van der Waals surface area contributed by atoms with Crippen LogP contribution in [0.5, 0.6) is 5.75 Å². The summed E-state index contributed by atoms with van der Waals surface area (Å²) in [6, 6.07) is 26.5. The predicted octanol–water partition coefficient (Wildman–Crippen LogP) is 7.87. The first-order chi connectivity index (χ1) is 23.6. The highest BCUT2D eigenvalue weighted by Gasteiger charge is 2.35. The number of halogens is 2. The molecule has 0 aliphatic rings. The molecule has 0 bridgehead atoms. The molecule has 0 radical (unpaired) electrons. The van der Waals surface area contributed by atoms with Gasteiger partial charge in [0.1, 0.15) is 18.3 Å². The van der Waals surface area contributed by atoms with Gasteiger partial charge >= 0.3 is 0 Å². The second-order valence-corrected chi connectivity index (χ2v) is 14.8. The van der Waals surface area contributed by atoms with Crippen molar-refractivity contribution >= 4 is 62.5 Å². The van der Waals surface area contributed by atoms with E-state index in [4.69, 9.17) is 27.9 Å². The number of sulfonamides is 1. The fourth-order valence-corrected chi connectivity index (χ4v) is 7.52. The second kappa shape index (κ2) is 18.3. The Kier molecular flexibility index (Phi) is 14.3. The molecule has 0 aromatic heterocycles. The number of nitrogens with one attached hydrogen (secondary N) is 1. The van der Waals surface area contributed by atoms with Crippen LogP contribution in [-0.2, 0) is 32.6 Å². The third kappa shape index (κ3) is 10.2. The Bertz CT molecular complexity index is 1810. The van der Waals surface area contributed by atoms with Gasteiger partial charge in [-0.25, -0.2) is 8.42 Å². The lowest BCUT2D eigenvalue weighted by Crippen LogP contribution is -2.53. The number of unbranched alkanes of at least 4 members (excludes halogenated alkanes) is 1. The topological polar surface area (TPSA) is 96.0 Å². The van der Waals surface area contributed by atoms with Crippen molar-refractivity contribution in [3.8, 4) is 5.75 Å². The quantitative estimate of drug-likeness (QED) is 0.0875. The zero-order chi connectivity index (χ0) is 35.4. The van der Waals surface area contributed by atoms with E-state index >= 15 is 0 Å². The minimum Gasteiger partial charge on any atom is -0.492 e. The molecule has 0 aliphatic heterocycles. The average molecular weight is 743 g/mol. The Morgan fingerprint density at radius 3 is 2.27 bits per heavy atom. The Hall–Kier alpha value is -3.70. The summed E-state index contributed by atoms with van der Waals surface area (Å²) in [6.45, 7) is 3.84. The molecule has 4 aromatic carbocycles. The molecule has 1 atom stereocenters. The van der Waals surface area contributed by atoms with E-state index in [0.717, 1.165) is 27.6 Å². The molecule has 2 amide bonds. The number of thioether (sulfide) groups is 1. The maximum Gasteiger partial charge on any atom is 0.264 e. The molecule has 0 saturated carbocycles. The summed E-state index contributed by atoms with van der Waals surface area (Å²) in [4.78, 5) is 31.0.